The van der Waals surface area contributed by atoms with Crippen LogP contribution in [-0.4, -0.2) is 144 Å². The molecule has 20 nitrogen and oxygen atoms in total. The van der Waals surface area contributed by atoms with E-state index in [4.69, 9.17) is 23.8 Å². The van der Waals surface area contributed by atoms with Crippen molar-refractivity contribution < 1.29 is 58.6 Å². The van der Waals surface area contributed by atoms with E-state index in [0.717, 1.165) is 103 Å². The van der Waals surface area contributed by atoms with Crippen LogP contribution >= 0.6 is 23.5 Å². The molecule has 0 aliphatic heterocycles. The number of alkyl carbamates (subject to hydrolysis) is 1. The second-order valence-corrected chi connectivity index (χ2v) is 20.2. The fraction of sp³-hybridized carbons (Fsp3) is 0.446. The van der Waals surface area contributed by atoms with Gasteiger partial charge in [0.15, 0.2) is 0 Å². The molecule has 2 aliphatic carbocycles. The van der Waals surface area contributed by atoms with Gasteiger partial charge in [0.25, 0.3) is 0 Å². The molecule has 2 aliphatic rings. The Morgan fingerprint density at radius 1 is 0.586 bits per heavy atom. The number of allylic oxidation sites excluding steroid dienone is 1. The van der Waals surface area contributed by atoms with E-state index in [1.54, 1.807) is 103 Å². The number of hydrogen-bond donors (Lipinski definition) is 6. The summed E-state index contributed by atoms with van der Waals surface area (Å²) >= 11 is 3.11. The number of fused-ring (bicyclic) bond motifs is 1. The summed E-state index contributed by atoms with van der Waals surface area (Å²) in [5.74, 6) is 3.20. The highest BCUT2D eigenvalue weighted by molar-refractivity contribution is 7.99. The van der Waals surface area contributed by atoms with Gasteiger partial charge >= 0.3 is 12.2 Å². The summed E-state index contributed by atoms with van der Waals surface area (Å²) in [6.07, 6.45) is 18.4. The van der Waals surface area contributed by atoms with Crippen LogP contribution in [0, 0.1) is 0 Å². The lowest BCUT2D eigenvalue weighted by atomic mass is 9.87. The Morgan fingerprint density at radius 2 is 0.989 bits per heavy atom. The van der Waals surface area contributed by atoms with E-state index >= 15 is 0 Å². The third-order valence-corrected chi connectivity index (χ3v) is 13.8. The van der Waals surface area contributed by atoms with Crippen molar-refractivity contribution in [2.45, 2.75) is 137 Å². The van der Waals surface area contributed by atoms with Crippen molar-refractivity contribution in [2.24, 2.45) is 5.73 Å². The predicted molar refractivity (Wildman–Crippen MR) is 346 cm³/mol. The Hall–Kier alpha value is -7.59. The van der Waals surface area contributed by atoms with Crippen molar-refractivity contribution >= 4 is 47.3 Å². The van der Waals surface area contributed by atoms with Gasteiger partial charge in [0.05, 0.1) is 35.1 Å². The van der Waals surface area contributed by atoms with Crippen molar-refractivity contribution in [1.82, 2.24) is 35.9 Å². The van der Waals surface area contributed by atoms with Crippen LogP contribution in [-0.2, 0) is 46.2 Å². The Balaban J connectivity index is 0.000000634. The van der Waals surface area contributed by atoms with Gasteiger partial charge in [-0.05, 0) is 185 Å². The molecule has 1 amide bonds. The minimum Gasteiger partial charge on any atom is -0.508 e. The predicted octanol–water partition coefficient (Wildman–Crippen LogP) is 12.2. The van der Waals surface area contributed by atoms with Gasteiger partial charge in [-0.3, -0.25) is 9.59 Å². The molecule has 0 saturated carbocycles. The fourth-order valence-electron chi connectivity index (χ4n) is 8.62. The molecule has 0 radical (unpaired) electrons. The number of ketones is 2. The minimum absolute atomic E-state index is 0. The van der Waals surface area contributed by atoms with E-state index in [-0.39, 0.29) is 66.5 Å². The van der Waals surface area contributed by atoms with Crippen LogP contribution in [0.5, 0.6) is 23.0 Å². The van der Waals surface area contributed by atoms with E-state index < -0.39 is 6.09 Å². The summed E-state index contributed by atoms with van der Waals surface area (Å²) in [4.78, 5) is 51.0. The molecule has 0 saturated heterocycles. The van der Waals surface area contributed by atoms with E-state index in [1.807, 2.05) is 76.6 Å². The van der Waals surface area contributed by atoms with Crippen molar-refractivity contribution in [3.63, 3.8) is 0 Å². The topological polar surface area (TPSA) is 309 Å². The minimum atomic E-state index is -0.445. The maximum Gasteiger partial charge on any atom is 0.407 e. The smallest absolute Gasteiger partial charge is 0.407 e. The molecule has 6 aromatic rings. The number of hydrogen-bond acceptors (Lipinski definition) is 21. The number of ether oxygens (including phenoxy) is 3. The van der Waals surface area contributed by atoms with Crippen molar-refractivity contribution in [3.8, 4) is 68.3 Å². The molecule has 2 heterocycles. The van der Waals surface area contributed by atoms with E-state index in [2.05, 4.69) is 41.6 Å². The second-order valence-electron chi connectivity index (χ2n) is 18.5. The highest BCUT2D eigenvalue weighted by Crippen LogP contribution is 2.36. The molecular formula is C65H90N8O12S2. The molecule has 8 rings (SSSR count). The number of aromatic nitrogens is 6. The quantitative estimate of drug-likeness (QED) is 0.0324. The van der Waals surface area contributed by atoms with Crippen LogP contribution in [0.4, 0.5) is 4.79 Å². The second kappa shape index (κ2) is 46.6. The Bertz CT molecular complexity index is 2840. The molecule has 2 aromatic heterocycles. The first-order valence-corrected chi connectivity index (χ1v) is 31.6. The van der Waals surface area contributed by atoms with E-state index in [0.29, 0.717) is 62.1 Å². The first-order valence-electron chi connectivity index (χ1n) is 28.9. The molecule has 474 valence electrons. The van der Waals surface area contributed by atoms with Gasteiger partial charge in [-0.25, -0.2) is 4.79 Å². The van der Waals surface area contributed by atoms with Crippen LogP contribution in [0.25, 0.3) is 45.3 Å². The van der Waals surface area contributed by atoms with Gasteiger partial charge in [-0.2, -0.15) is 33.1 Å². The Labute approximate surface area is 522 Å². The maximum absolute atomic E-state index is 11.9. The van der Waals surface area contributed by atoms with Gasteiger partial charge in [-0.1, -0.05) is 54.0 Å². The maximum atomic E-state index is 11.9. The summed E-state index contributed by atoms with van der Waals surface area (Å²) in [7, 11) is 3.04. The molecule has 87 heavy (non-hydrogen) atoms. The number of carbonyl (C=O) groups excluding carboxylic acids is 5. The number of Topliss-reactive ketones (excluding diaryl/α,β-unsaturated/α-hetero) is 2. The average molecular weight is 1240 g/mol. The number of nitrogens with one attached hydrogen (secondary N) is 1. The normalized spacial score (nSPS) is 14.9. The molecule has 0 fully saturated rings. The van der Waals surface area contributed by atoms with Crippen LogP contribution in [0.2, 0.25) is 0 Å². The summed E-state index contributed by atoms with van der Waals surface area (Å²) in [5.41, 5.74) is 11.7. The van der Waals surface area contributed by atoms with Crippen molar-refractivity contribution in [2.75, 3.05) is 51.3 Å². The third-order valence-electron chi connectivity index (χ3n) is 12.6. The lowest BCUT2D eigenvalue weighted by Gasteiger charge is -2.26. The number of rotatable bonds is 19. The number of carbonyl (C=O) groups is 3. The lowest BCUT2D eigenvalue weighted by Crippen LogP contribution is -2.35. The molecule has 3 unspecified atom stereocenters. The first-order chi connectivity index (χ1) is 41.8. The number of phenolic OH excluding ortho intramolecular Hbond substituents is 4. The molecular weight excluding hydrogens is 1150 g/mol. The average Bonchev–Trinajstić information content (AvgIpc) is 1.47. The van der Waals surface area contributed by atoms with Gasteiger partial charge < -0.3 is 45.7 Å². The van der Waals surface area contributed by atoms with E-state index in [1.165, 1.54) is 7.05 Å². The van der Waals surface area contributed by atoms with Gasteiger partial charge in [0, 0.05) is 61.8 Å². The van der Waals surface area contributed by atoms with Crippen molar-refractivity contribution in [3.05, 3.63) is 120 Å². The summed E-state index contributed by atoms with van der Waals surface area (Å²) in [6, 6.07) is 27.1. The zero-order valence-electron chi connectivity index (χ0n) is 50.8. The number of nitrogens with two attached hydrogens (primary N) is 1. The van der Waals surface area contributed by atoms with Crippen LogP contribution in [0.3, 0.4) is 0 Å². The largest absolute Gasteiger partial charge is 0.508 e. The van der Waals surface area contributed by atoms with E-state index in [9.17, 15) is 34.8 Å². The van der Waals surface area contributed by atoms with Gasteiger partial charge in [-0.15, -0.1) is 30.6 Å². The lowest BCUT2D eigenvalue weighted by molar-refractivity contribution is -0.191. The van der Waals surface area contributed by atoms with Gasteiger partial charge in [0.2, 0.25) is 11.6 Å². The zero-order chi connectivity index (χ0) is 63.5. The van der Waals surface area contributed by atoms with Gasteiger partial charge in [0.1, 0.15) is 40.7 Å². The molecule has 3 atom stereocenters. The Morgan fingerprint density at radius 3 is 1.41 bits per heavy atom. The van der Waals surface area contributed by atoms with Crippen LogP contribution in [0.15, 0.2) is 109 Å². The number of benzene rings is 4. The molecule has 22 heteroatoms. The zero-order valence-corrected chi connectivity index (χ0v) is 52.4. The number of thioether (sulfide) groups is 2. The summed E-state index contributed by atoms with van der Waals surface area (Å²) in [5, 5.41) is 65.7. The van der Waals surface area contributed by atoms with Crippen LogP contribution in [0.1, 0.15) is 117 Å². The SMILES string of the molecule is C.CC.CC.CN.CNC(=O)OC1/C=C/CCCCC1OCCCC(=O)CSC.CSCC(=O)CCCOC1CCCCc2c(-c3ccc(O)cc3)nnc(-c3ccc(O)cc3)c2C1.O=C=O.Oc1ccc(-c2nnc(-c3ccc(O)cc3)nn2)cc1. The number of nitrogens with zero attached hydrogens (tertiary/aromatic N) is 6. The summed E-state index contributed by atoms with van der Waals surface area (Å²) in [6.45, 7) is 9.09. The standard InChI is InChI=1S/C28H32N2O4S.C16H27NO4S.C14H10N4O2.2C2H6.CH5N.CO2.CH4/c1-35-18-23(33)5-4-16-34-24-6-2-3-7-25-26(17-24)28(20-10-14-22(32)15-11-20)30-29-27(25)19-8-12-21(31)13-9-19;1-17-16(19)21-15-10-6-4-3-5-9-14(15)20-11-7-8-13(18)12-22-2;19-11-5-1-9(2-6-11)13-15-17-14(18-16-13)10-3-7-12(20)8-4-10;3*1-2;2-1-3;/h8-15,24,31-32H,2-7,16-18H2,1H3;6,10,14-15H,3-5,7-9,11-12H2,1-2H3,(H,17,19);1-8,19-20H;2*1-2H3;2H2,1H3;;1H4/b;10-6+;;;;;;. The highest BCUT2D eigenvalue weighted by Gasteiger charge is 2.26. The fourth-order valence-corrected chi connectivity index (χ4v) is 9.55. The van der Waals surface area contributed by atoms with Crippen LogP contribution < -0.4 is 11.1 Å². The molecule has 7 N–H and O–H groups in total. The number of aromatic hydroxyl groups is 4. The first kappa shape index (κ1) is 77.4. The number of phenols is 4. The molecule has 4 aromatic carbocycles. The number of amides is 1. The molecule has 0 bridgehead atoms. The molecule has 0 spiro atoms. The third kappa shape index (κ3) is 29.1. The monoisotopic (exact) mass is 1240 g/mol. The highest BCUT2D eigenvalue weighted by atomic mass is 32.2. The summed E-state index contributed by atoms with van der Waals surface area (Å²) < 4.78 is 17.6. The Kier molecular flexibility index (Phi) is 41.5. The van der Waals surface area contributed by atoms with Crippen molar-refractivity contribution in [1.29, 1.82) is 0 Å².